The van der Waals surface area contributed by atoms with Crippen molar-refractivity contribution in [3.05, 3.63) is 29.6 Å². The molecule has 1 aliphatic heterocycles. The molecule has 28 heavy (non-hydrogen) atoms. The summed E-state index contributed by atoms with van der Waals surface area (Å²) in [5, 5.41) is 0. The number of nitrogens with zero attached hydrogens (tertiary/aromatic N) is 3. The van der Waals surface area contributed by atoms with Crippen molar-refractivity contribution in [3.63, 3.8) is 0 Å². The number of carbonyl (C=O) groups excluding carboxylic acids is 3. The Balaban J connectivity index is 1.63. The van der Waals surface area contributed by atoms with Crippen LogP contribution in [0.5, 0.6) is 0 Å². The van der Waals surface area contributed by atoms with Crippen molar-refractivity contribution in [1.82, 2.24) is 14.8 Å². The molecule has 0 aromatic carbocycles. The largest absolute Gasteiger partial charge is 0.344 e. The molecule has 7 heteroatoms. The average molecular weight is 386 g/mol. The highest BCUT2D eigenvalue weighted by molar-refractivity contribution is 6.21. The number of fused-ring (bicyclic) bond motifs is 1. The third-order valence-electron chi connectivity index (χ3n) is 6.08. The summed E-state index contributed by atoms with van der Waals surface area (Å²) >= 11 is 0. The highest BCUT2D eigenvalue weighted by Gasteiger charge is 2.41. The maximum absolute atomic E-state index is 12.7. The Kier molecular flexibility index (Phi) is 6.44. The Bertz CT molecular complexity index is 716. The standard InChI is InChI=1S/C21H30N4O3/c1-3-4-12-24(2)21(28)18(22)14-6-5-7-15(9-8-14)25-19(26)16-10-11-23-13-17(16)20(25)27/h10-11,13-15,18H,3-9,12,22H2,1-2H3/t14?,15-,18?/m0/s1. The predicted molar refractivity (Wildman–Crippen MR) is 106 cm³/mol. The fraction of sp³-hybridized carbons (Fsp3) is 0.619. The topological polar surface area (TPSA) is 96.6 Å². The van der Waals surface area contributed by atoms with Crippen LogP contribution in [0.15, 0.2) is 18.5 Å². The van der Waals surface area contributed by atoms with Gasteiger partial charge < -0.3 is 10.6 Å². The molecule has 3 atom stereocenters. The number of carbonyl (C=O) groups is 3. The van der Waals surface area contributed by atoms with Crippen LogP contribution in [0.1, 0.15) is 72.6 Å². The molecular weight excluding hydrogens is 356 g/mol. The summed E-state index contributed by atoms with van der Waals surface area (Å²) in [6.45, 7) is 2.82. The van der Waals surface area contributed by atoms with Crippen LogP contribution in [0.4, 0.5) is 0 Å². The second-order valence-electron chi connectivity index (χ2n) is 7.96. The minimum atomic E-state index is -0.521. The van der Waals surface area contributed by atoms with Crippen molar-refractivity contribution in [3.8, 4) is 0 Å². The molecule has 2 unspecified atom stereocenters. The van der Waals surface area contributed by atoms with E-state index in [9.17, 15) is 14.4 Å². The van der Waals surface area contributed by atoms with E-state index in [4.69, 9.17) is 5.73 Å². The van der Waals surface area contributed by atoms with Crippen molar-refractivity contribution in [2.45, 2.75) is 64.0 Å². The summed E-state index contributed by atoms with van der Waals surface area (Å²) in [6, 6.07) is 0.944. The molecule has 0 radical (unpaired) electrons. The van der Waals surface area contributed by atoms with E-state index in [0.29, 0.717) is 17.5 Å². The number of hydrogen-bond acceptors (Lipinski definition) is 5. The number of pyridine rings is 1. The maximum Gasteiger partial charge on any atom is 0.263 e. The van der Waals surface area contributed by atoms with Crippen LogP contribution < -0.4 is 5.73 Å². The molecule has 7 nitrogen and oxygen atoms in total. The normalized spacial score (nSPS) is 23.3. The van der Waals surface area contributed by atoms with Crippen LogP contribution in [0.2, 0.25) is 0 Å². The summed E-state index contributed by atoms with van der Waals surface area (Å²) in [7, 11) is 1.81. The van der Waals surface area contributed by atoms with Crippen molar-refractivity contribution in [2.24, 2.45) is 11.7 Å². The van der Waals surface area contributed by atoms with Crippen LogP contribution in [-0.4, -0.2) is 58.2 Å². The van der Waals surface area contributed by atoms with E-state index >= 15 is 0 Å². The summed E-state index contributed by atoms with van der Waals surface area (Å²) in [5.74, 6) is -0.413. The Hall–Kier alpha value is -2.28. The highest BCUT2D eigenvalue weighted by atomic mass is 16.2. The maximum atomic E-state index is 12.7. The zero-order chi connectivity index (χ0) is 20.3. The molecule has 1 aromatic rings. The first kappa shape index (κ1) is 20.5. The van der Waals surface area contributed by atoms with Crippen molar-refractivity contribution >= 4 is 17.7 Å². The Morgan fingerprint density at radius 2 is 2.00 bits per heavy atom. The number of aromatic nitrogens is 1. The number of amides is 3. The van der Waals surface area contributed by atoms with Gasteiger partial charge in [0.05, 0.1) is 17.2 Å². The monoisotopic (exact) mass is 386 g/mol. The van der Waals surface area contributed by atoms with Crippen molar-refractivity contribution in [2.75, 3.05) is 13.6 Å². The van der Waals surface area contributed by atoms with Gasteiger partial charge in [-0.25, -0.2) is 0 Å². The first-order valence-electron chi connectivity index (χ1n) is 10.3. The third kappa shape index (κ3) is 3.94. The molecule has 1 saturated carbocycles. The van der Waals surface area contributed by atoms with E-state index in [1.165, 1.54) is 17.3 Å². The summed E-state index contributed by atoms with van der Waals surface area (Å²) in [6.07, 6.45) is 8.88. The quantitative estimate of drug-likeness (QED) is 0.597. The zero-order valence-corrected chi connectivity index (χ0v) is 16.8. The molecule has 2 N–H and O–H groups in total. The van der Waals surface area contributed by atoms with E-state index < -0.39 is 6.04 Å². The molecular formula is C21H30N4O3. The number of likely N-dealkylation sites (N-methyl/N-ethyl adjacent to an activating group) is 1. The van der Waals surface area contributed by atoms with Gasteiger partial charge in [0.25, 0.3) is 11.8 Å². The smallest absolute Gasteiger partial charge is 0.263 e. The molecule has 3 rings (SSSR count). The predicted octanol–water partition coefficient (Wildman–Crippen LogP) is 2.21. The molecule has 0 bridgehead atoms. The van der Waals surface area contributed by atoms with Gasteiger partial charge in [-0.05, 0) is 44.1 Å². The van der Waals surface area contributed by atoms with E-state index in [2.05, 4.69) is 11.9 Å². The number of hydrogen-bond donors (Lipinski definition) is 1. The first-order chi connectivity index (χ1) is 13.5. The van der Waals surface area contributed by atoms with Crippen molar-refractivity contribution < 1.29 is 14.4 Å². The number of rotatable bonds is 6. The lowest BCUT2D eigenvalue weighted by atomic mass is 9.91. The first-order valence-corrected chi connectivity index (χ1v) is 10.3. The van der Waals surface area contributed by atoms with Crippen LogP contribution >= 0.6 is 0 Å². The Morgan fingerprint density at radius 3 is 2.71 bits per heavy atom. The molecule has 3 amide bonds. The van der Waals surface area contributed by atoms with Crippen LogP contribution in [0, 0.1) is 5.92 Å². The van der Waals surface area contributed by atoms with Gasteiger partial charge in [-0.3, -0.25) is 24.3 Å². The summed E-state index contributed by atoms with van der Waals surface area (Å²) < 4.78 is 0. The minimum Gasteiger partial charge on any atom is -0.344 e. The molecule has 1 aromatic heterocycles. The van der Waals surface area contributed by atoms with Crippen LogP contribution in [0.3, 0.4) is 0 Å². The van der Waals surface area contributed by atoms with Gasteiger partial charge in [-0.2, -0.15) is 0 Å². The van der Waals surface area contributed by atoms with E-state index in [0.717, 1.165) is 45.1 Å². The number of unbranched alkanes of at least 4 members (excludes halogenated alkanes) is 1. The summed E-state index contributed by atoms with van der Waals surface area (Å²) in [5.41, 5.74) is 7.13. The molecule has 2 aliphatic rings. The zero-order valence-electron chi connectivity index (χ0n) is 16.8. The average Bonchev–Trinajstić information content (AvgIpc) is 2.86. The van der Waals surface area contributed by atoms with Crippen LogP contribution in [0.25, 0.3) is 0 Å². The lowest BCUT2D eigenvalue weighted by Gasteiger charge is -2.27. The fourth-order valence-electron chi connectivity index (χ4n) is 4.32. The molecule has 1 fully saturated rings. The van der Waals surface area contributed by atoms with Gasteiger partial charge in [-0.1, -0.05) is 19.8 Å². The Morgan fingerprint density at radius 1 is 1.25 bits per heavy atom. The van der Waals surface area contributed by atoms with E-state index in [1.54, 1.807) is 11.0 Å². The van der Waals surface area contributed by atoms with E-state index in [1.807, 2.05) is 7.05 Å². The number of imide groups is 1. The van der Waals surface area contributed by atoms with Gasteiger partial charge in [0.15, 0.2) is 0 Å². The molecule has 152 valence electrons. The second-order valence-corrected chi connectivity index (χ2v) is 7.96. The minimum absolute atomic E-state index is 0.0105. The molecule has 0 saturated heterocycles. The Labute approximate surface area is 166 Å². The van der Waals surface area contributed by atoms with E-state index in [-0.39, 0.29) is 29.7 Å². The molecule has 2 heterocycles. The highest BCUT2D eigenvalue weighted by Crippen LogP contribution is 2.32. The fourth-order valence-corrected chi connectivity index (χ4v) is 4.32. The third-order valence-corrected chi connectivity index (χ3v) is 6.08. The second kappa shape index (κ2) is 8.82. The van der Waals surface area contributed by atoms with Gasteiger partial charge in [0.2, 0.25) is 5.91 Å². The molecule has 1 aliphatic carbocycles. The lowest BCUT2D eigenvalue weighted by Crippen LogP contribution is -2.46. The van der Waals surface area contributed by atoms with Gasteiger partial charge in [0, 0.05) is 32.0 Å². The summed E-state index contributed by atoms with van der Waals surface area (Å²) in [4.78, 5) is 45.2. The number of nitrogens with two attached hydrogens (primary N) is 1. The van der Waals surface area contributed by atoms with Gasteiger partial charge in [0.1, 0.15) is 0 Å². The SMILES string of the molecule is CCCCN(C)C(=O)C(N)C1CCC[C@H](N2C(=O)c3ccncc3C2=O)CC1. The van der Waals surface area contributed by atoms with Crippen LogP contribution in [-0.2, 0) is 4.79 Å². The van der Waals surface area contributed by atoms with Gasteiger partial charge in [-0.15, -0.1) is 0 Å². The van der Waals surface area contributed by atoms with Gasteiger partial charge >= 0.3 is 0 Å². The van der Waals surface area contributed by atoms with Crippen molar-refractivity contribution in [1.29, 1.82) is 0 Å². The lowest BCUT2D eigenvalue weighted by molar-refractivity contribution is -0.132. The molecule has 0 spiro atoms.